The summed E-state index contributed by atoms with van der Waals surface area (Å²) in [6.45, 7) is 7.38. The lowest BCUT2D eigenvalue weighted by molar-refractivity contribution is 0.309. The Balaban J connectivity index is 3.13. The van der Waals surface area contributed by atoms with Crippen LogP contribution in [0.1, 0.15) is 45.3 Å². The molecule has 1 unspecified atom stereocenters. The normalized spacial score (nSPS) is 12.5. The molecule has 0 radical (unpaired) electrons. The van der Waals surface area contributed by atoms with Gasteiger partial charge in [-0.3, -0.25) is 0 Å². The second kappa shape index (κ2) is 7.94. The highest BCUT2D eigenvalue weighted by Crippen LogP contribution is 2.31. The summed E-state index contributed by atoms with van der Waals surface area (Å²) in [6.07, 6.45) is 3.82. The van der Waals surface area contributed by atoms with Gasteiger partial charge in [-0.05, 0) is 12.5 Å². The van der Waals surface area contributed by atoms with E-state index in [2.05, 4.69) is 36.1 Å². The van der Waals surface area contributed by atoms with Crippen molar-refractivity contribution in [2.45, 2.75) is 39.7 Å². The van der Waals surface area contributed by atoms with Gasteiger partial charge in [-0.25, -0.2) is 4.98 Å². The molecular formula is C14H25N3O2. The van der Waals surface area contributed by atoms with Crippen molar-refractivity contribution in [3.63, 3.8) is 0 Å². The van der Waals surface area contributed by atoms with Crippen molar-refractivity contribution >= 4 is 0 Å². The molecule has 0 saturated heterocycles. The van der Waals surface area contributed by atoms with E-state index >= 15 is 0 Å². The van der Waals surface area contributed by atoms with Gasteiger partial charge in [0.25, 0.3) is 0 Å². The zero-order valence-corrected chi connectivity index (χ0v) is 12.6. The largest absolute Gasteiger partial charge is 0.480 e. The maximum Gasteiger partial charge on any atom is 0.240 e. The lowest BCUT2D eigenvalue weighted by atomic mass is 9.91. The molecule has 0 aliphatic rings. The maximum atomic E-state index is 5.36. The van der Waals surface area contributed by atoms with Gasteiger partial charge < -0.3 is 14.8 Å². The molecule has 1 heterocycles. The monoisotopic (exact) mass is 267 g/mol. The molecule has 108 valence electrons. The Kier molecular flexibility index (Phi) is 6.56. The van der Waals surface area contributed by atoms with Crippen LogP contribution in [0.5, 0.6) is 11.8 Å². The van der Waals surface area contributed by atoms with Crippen LogP contribution in [0.15, 0.2) is 6.20 Å². The molecular weight excluding hydrogens is 242 g/mol. The van der Waals surface area contributed by atoms with Crippen molar-refractivity contribution in [1.82, 2.24) is 15.3 Å². The average molecular weight is 267 g/mol. The Morgan fingerprint density at radius 2 is 1.84 bits per heavy atom. The van der Waals surface area contributed by atoms with Gasteiger partial charge in [-0.1, -0.05) is 33.6 Å². The molecule has 1 atom stereocenters. The quantitative estimate of drug-likeness (QED) is 0.784. The van der Waals surface area contributed by atoms with Crippen LogP contribution in [0.4, 0.5) is 0 Å². The van der Waals surface area contributed by atoms with E-state index in [1.165, 1.54) is 0 Å². The number of nitrogens with zero attached hydrogens (tertiary/aromatic N) is 2. The third-order valence-electron chi connectivity index (χ3n) is 3.39. The van der Waals surface area contributed by atoms with Crippen LogP contribution in [-0.2, 0) is 0 Å². The average Bonchev–Trinajstić information content (AvgIpc) is 2.46. The lowest BCUT2D eigenvalue weighted by Crippen LogP contribution is -2.29. The fourth-order valence-corrected chi connectivity index (χ4v) is 2.29. The zero-order valence-electron chi connectivity index (χ0n) is 12.6. The van der Waals surface area contributed by atoms with Crippen molar-refractivity contribution in [3.8, 4) is 11.8 Å². The first-order valence-corrected chi connectivity index (χ1v) is 6.89. The van der Waals surface area contributed by atoms with Gasteiger partial charge >= 0.3 is 0 Å². The molecule has 1 rings (SSSR count). The van der Waals surface area contributed by atoms with Gasteiger partial charge in [0, 0.05) is 0 Å². The summed E-state index contributed by atoms with van der Waals surface area (Å²) in [5.41, 5.74) is 0.860. The van der Waals surface area contributed by atoms with E-state index in [1.807, 2.05) is 0 Å². The molecule has 5 heteroatoms. The Labute approximate surface area is 115 Å². The lowest BCUT2D eigenvalue weighted by Gasteiger charge is -2.26. The Bertz CT molecular complexity index is 381. The predicted molar refractivity (Wildman–Crippen MR) is 75.6 cm³/mol. The number of ether oxygens (including phenoxy) is 2. The van der Waals surface area contributed by atoms with Gasteiger partial charge in [-0.15, -0.1) is 0 Å². The molecule has 0 amide bonds. The van der Waals surface area contributed by atoms with Crippen LogP contribution in [-0.4, -0.2) is 30.7 Å². The van der Waals surface area contributed by atoms with Crippen LogP contribution in [0.25, 0.3) is 0 Å². The molecule has 5 nitrogen and oxygen atoms in total. The van der Waals surface area contributed by atoms with Gasteiger partial charge in [-0.2, -0.15) is 4.98 Å². The minimum absolute atomic E-state index is 0.161. The molecule has 0 fully saturated rings. The van der Waals surface area contributed by atoms with Crippen molar-refractivity contribution in [1.29, 1.82) is 0 Å². The fraction of sp³-hybridized carbons (Fsp3) is 0.714. The highest BCUT2D eigenvalue weighted by atomic mass is 16.5. The number of hydrogen-bond donors (Lipinski definition) is 1. The minimum atomic E-state index is 0.161. The summed E-state index contributed by atoms with van der Waals surface area (Å²) in [6, 6.07) is 0.161. The Morgan fingerprint density at radius 3 is 2.32 bits per heavy atom. The molecule has 0 bridgehead atoms. The summed E-state index contributed by atoms with van der Waals surface area (Å²) >= 11 is 0. The van der Waals surface area contributed by atoms with Crippen LogP contribution in [0.3, 0.4) is 0 Å². The summed E-state index contributed by atoms with van der Waals surface area (Å²) in [5, 5.41) is 3.49. The van der Waals surface area contributed by atoms with Crippen LogP contribution in [0, 0.1) is 5.92 Å². The molecule has 0 aliphatic heterocycles. The third kappa shape index (κ3) is 3.80. The number of nitrogens with one attached hydrogen (secondary N) is 1. The number of aromatic nitrogens is 2. The Morgan fingerprint density at radius 1 is 1.16 bits per heavy atom. The zero-order chi connectivity index (χ0) is 14.3. The molecule has 1 aromatic rings. The smallest absolute Gasteiger partial charge is 0.240 e. The maximum absolute atomic E-state index is 5.36. The highest BCUT2D eigenvalue weighted by Gasteiger charge is 2.25. The molecule has 19 heavy (non-hydrogen) atoms. The molecule has 0 aliphatic carbocycles. The van der Waals surface area contributed by atoms with Crippen LogP contribution in [0.2, 0.25) is 0 Å². The van der Waals surface area contributed by atoms with E-state index in [9.17, 15) is 0 Å². The second-order valence-corrected chi connectivity index (χ2v) is 4.42. The Hall–Kier alpha value is -1.36. The topological polar surface area (TPSA) is 56.3 Å². The summed E-state index contributed by atoms with van der Waals surface area (Å²) in [5.74, 6) is 1.52. The molecule has 0 saturated carbocycles. The van der Waals surface area contributed by atoms with E-state index < -0.39 is 0 Å². The van der Waals surface area contributed by atoms with E-state index in [4.69, 9.17) is 9.47 Å². The van der Waals surface area contributed by atoms with E-state index in [0.29, 0.717) is 17.7 Å². The highest BCUT2D eigenvalue weighted by molar-refractivity contribution is 5.26. The van der Waals surface area contributed by atoms with Crippen molar-refractivity contribution < 1.29 is 9.47 Å². The first kappa shape index (κ1) is 15.7. The van der Waals surface area contributed by atoms with Crippen molar-refractivity contribution in [2.24, 2.45) is 5.92 Å². The van der Waals surface area contributed by atoms with Crippen molar-refractivity contribution in [3.05, 3.63) is 11.9 Å². The summed E-state index contributed by atoms with van der Waals surface area (Å²) < 4.78 is 10.5. The second-order valence-electron chi connectivity index (χ2n) is 4.42. The van der Waals surface area contributed by atoms with E-state index in [1.54, 1.807) is 20.4 Å². The number of rotatable bonds is 8. The first-order chi connectivity index (χ1) is 9.21. The standard InChI is InChI=1S/C14H25N3O2/c1-6-10(7-2)12(15-8-3)13-14(19-5)17-11(18-4)9-16-13/h9-10,12,15H,6-8H2,1-5H3. The summed E-state index contributed by atoms with van der Waals surface area (Å²) in [4.78, 5) is 8.80. The van der Waals surface area contributed by atoms with Crippen LogP contribution < -0.4 is 14.8 Å². The fourth-order valence-electron chi connectivity index (χ4n) is 2.29. The van der Waals surface area contributed by atoms with Gasteiger partial charge in [0.1, 0.15) is 5.69 Å². The molecule has 1 aromatic heterocycles. The SMILES string of the molecule is CCNC(c1ncc(OC)nc1OC)C(CC)CC. The van der Waals surface area contributed by atoms with Gasteiger partial charge in [0.15, 0.2) is 0 Å². The third-order valence-corrected chi connectivity index (χ3v) is 3.39. The number of methoxy groups -OCH3 is 2. The van der Waals surface area contributed by atoms with Gasteiger partial charge in [0.2, 0.25) is 11.8 Å². The van der Waals surface area contributed by atoms with E-state index in [0.717, 1.165) is 25.1 Å². The first-order valence-electron chi connectivity index (χ1n) is 6.89. The molecule has 0 aromatic carbocycles. The van der Waals surface area contributed by atoms with Crippen LogP contribution >= 0.6 is 0 Å². The molecule has 1 N–H and O–H groups in total. The minimum Gasteiger partial charge on any atom is -0.480 e. The number of hydrogen-bond acceptors (Lipinski definition) is 5. The van der Waals surface area contributed by atoms with E-state index in [-0.39, 0.29) is 6.04 Å². The van der Waals surface area contributed by atoms with Crippen molar-refractivity contribution in [2.75, 3.05) is 20.8 Å². The predicted octanol–water partition coefficient (Wildman–Crippen LogP) is 2.58. The van der Waals surface area contributed by atoms with Gasteiger partial charge in [0.05, 0.1) is 26.5 Å². The molecule has 0 spiro atoms. The summed E-state index contributed by atoms with van der Waals surface area (Å²) in [7, 11) is 3.19.